The van der Waals surface area contributed by atoms with Crippen LogP contribution in [-0.2, 0) is 6.18 Å². The van der Waals surface area contributed by atoms with Crippen LogP contribution in [0, 0.1) is 0 Å². The Morgan fingerprint density at radius 2 is 1.79 bits per heavy atom. The second kappa shape index (κ2) is 8.60. The van der Waals surface area contributed by atoms with Crippen LogP contribution in [0.1, 0.15) is 23.0 Å². The van der Waals surface area contributed by atoms with Crippen LogP contribution in [-0.4, -0.2) is 54.6 Å². The van der Waals surface area contributed by atoms with Crippen molar-refractivity contribution in [3.63, 3.8) is 0 Å². The van der Waals surface area contributed by atoms with Crippen molar-refractivity contribution in [3.8, 4) is 0 Å². The zero-order chi connectivity index (χ0) is 20.1. The average Bonchev–Trinajstić information content (AvgIpc) is 2.68. The molecule has 8 heteroatoms. The highest BCUT2D eigenvalue weighted by atomic mass is 19.4. The third-order valence-electron chi connectivity index (χ3n) is 4.72. The molecule has 5 nitrogen and oxygen atoms in total. The fourth-order valence-corrected chi connectivity index (χ4v) is 3.38. The summed E-state index contributed by atoms with van der Waals surface area (Å²) in [7, 11) is 0. The SMILES string of the molecule is CC(CN1CCN(c2ccccc2)CC1)NC(=O)c1cccnc1C(F)(F)F. The number of carbonyl (C=O) groups excluding carboxylic acids is 1. The molecular weight excluding hydrogens is 369 g/mol. The number of anilines is 1. The Labute approximate surface area is 162 Å². The summed E-state index contributed by atoms with van der Waals surface area (Å²) in [5, 5.41) is 2.66. The summed E-state index contributed by atoms with van der Waals surface area (Å²) in [5.41, 5.74) is -0.424. The van der Waals surface area contributed by atoms with Gasteiger partial charge in [-0.1, -0.05) is 18.2 Å². The van der Waals surface area contributed by atoms with Crippen molar-refractivity contribution in [3.05, 3.63) is 59.9 Å². The summed E-state index contributed by atoms with van der Waals surface area (Å²) in [5.74, 6) is -0.754. The highest BCUT2D eigenvalue weighted by Gasteiger charge is 2.37. The van der Waals surface area contributed by atoms with Gasteiger partial charge in [-0.2, -0.15) is 13.2 Å². The fourth-order valence-electron chi connectivity index (χ4n) is 3.38. The van der Waals surface area contributed by atoms with E-state index in [1.54, 1.807) is 6.92 Å². The Morgan fingerprint density at radius 1 is 1.11 bits per heavy atom. The van der Waals surface area contributed by atoms with Crippen LogP contribution in [0.2, 0.25) is 0 Å². The number of amides is 1. The summed E-state index contributed by atoms with van der Waals surface area (Å²) in [6, 6.07) is 12.3. The summed E-state index contributed by atoms with van der Waals surface area (Å²) < 4.78 is 39.1. The Bertz CT molecular complexity index is 790. The van der Waals surface area contributed by atoms with Crippen LogP contribution in [0.3, 0.4) is 0 Å². The Hall–Kier alpha value is -2.61. The first-order valence-electron chi connectivity index (χ1n) is 9.20. The van der Waals surface area contributed by atoms with Crippen molar-refractivity contribution in [2.45, 2.75) is 19.1 Å². The van der Waals surface area contributed by atoms with Gasteiger partial charge in [-0.3, -0.25) is 14.7 Å². The Kier molecular flexibility index (Phi) is 6.18. The number of aromatic nitrogens is 1. The molecule has 1 aliphatic heterocycles. The molecule has 150 valence electrons. The molecule has 1 fully saturated rings. The van der Waals surface area contributed by atoms with Gasteiger partial charge in [0.25, 0.3) is 5.91 Å². The lowest BCUT2D eigenvalue weighted by molar-refractivity contribution is -0.141. The normalized spacial score (nSPS) is 16.6. The molecule has 1 aromatic carbocycles. The van der Waals surface area contributed by atoms with Gasteiger partial charge in [0.1, 0.15) is 0 Å². The number of nitrogens with zero attached hydrogens (tertiary/aromatic N) is 3. The van der Waals surface area contributed by atoms with E-state index in [9.17, 15) is 18.0 Å². The van der Waals surface area contributed by atoms with Gasteiger partial charge in [0.05, 0.1) is 5.56 Å². The van der Waals surface area contributed by atoms with Gasteiger partial charge < -0.3 is 10.2 Å². The smallest absolute Gasteiger partial charge is 0.369 e. The zero-order valence-corrected chi connectivity index (χ0v) is 15.6. The van der Waals surface area contributed by atoms with E-state index in [0.29, 0.717) is 6.54 Å². The Morgan fingerprint density at radius 3 is 2.43 bits per heavy atom. The Balaban J connectivity index is 1.53. The maximum absolute atomic E-state index is 13.0. The number of rotatable bonds is 5. The van der Waals surface area contributed by atoms with E-state index < -0.39 is 23.3 Å². The van der Waals surface area contributed by atoms with Gasteiger partial charge in [-0.05, 0) is 31.2 Å². The number of halogens is 3. The minimum absolute atomic E-state index is 0.280. The first-order valence-corrected chi connectivity index (χ1v) is 9.20. The number of hydrogen-bond donors (Lipinski definition) is 1. The molecule has 0 bridgehead atoms. The van der Waals surface area contributed by atoms with Crippen LogP contribution in [0.5, 0.6) is 0 Å². The number of para-hydroxylation sites is 1. The maximum atomic E-state index is 13.0. The molecule has 2 aromatic rings. The summed E-state index contributed by atoms with van der Waals surface area (Å²) in [6.07, 6.45) is -3.62. The molecule has 1 atom stereocenters. The molecule has 1 amide bonds. The average molecular weight is 392 g/mol. The molecule has 0 radical (unpaired) electrons. The molecule has 0 saturated carbocycles. The third-order valence-corrected chi connectivity index (χ3v) is 4.72. The number of piperazine rings is 1. The lowest BCUT2D eigenvalue weighted by Crippen LogP contribution is -2.51. The van der Waals surface area contributed by atoms with Crippen molar-refractivity contribution in [2.24, 2.45) is 0 Å². The van der Waals surface area contributed by atoms with Crippen LogP contribution < -0.4 is 10.2 Å². The number of nitrogens with one attached hydrogen (secondary N) is 1. The summed E-state index contributed by atoms with van der Waals surface area (Å²) in [6.45, 7) is 5.77. The first kappa shape index (κ1) is 20.1. The van der Waals surface area contributed by atoms with Gasteiger partial charge in [0.2, 0.25) is 0 Å². The summed E-state index contributed by atoms with van der Waals surface area (Å²) >= 11 is 0. The fraction of sp³-hybridized carbons (Fsp3) is 0.400. The van der Waals surface area contributed by atoms with Gasteiger partial charge in [0.15, 0.2) is 5.69 Å². The van der Waals surface area contributed by atoms with E-state index in [1.165, 1.54) is 11.8 Å². The lowest BCUT2D eigenvalue weighted by atomic mass is 10.1. The standard InChI is InChI=1S/C20H23F3N4O/c1-15(25-19(28)17-8-5-9-24-18(17)20(21,22)23)14-26-10-12-27(13-11-26)16-6-3-2-4-7-16/h2-9,15H,10-14H2,1H3,(H,25,28). The van der Waals surface area contributed by atoms with E-state index in [-0.39, 0.29) is 6.04 Å². The molecule has 1 unspecified atom stereocenters. The number of carbonyl (C=O) groups is 1. The van der Waals surface area contributed by atoms with Crippen LogP contribution in [0.25, 0.3) is 0 Å². The van der Waals surface area contributed by atoms with Crippen LogP contribution in [0.15, 0.2) is 48.7 Å². The molecule has 0 spiro atoms. The third kappa shape index (κ3) is 5.01. The number of hydrogen-bond acceptors (Lipinski definition) is 4. The van der Waals surface area contributed by atoms with Crippen LogP contribution in [0.4, 0.5) is 18.9 Å². The maximum Gasteiger partial charge on any atom is 0.434 e. The highest BCUT2D eigenvalue weighted by molar-refractivity contribution is 5.95. The van der Waals surface area contributed by atoms with E-state index >= 15 is 0 Å². The predicted octanol–water partition coefficient (Wildman–Crippen LogP) is 3.04. The zero-order valence-electron chi connectivity index (χ0n) is 15.6. The highest BCUT2D eigenvalue weighted by Crippen LogP contribution is 2.30. The van der Waals surface area contributed by atoms with E-state index in [2.05, 4.69) is 32.2 Å². The second-order valence-electron chi connectivity index (χ2n) is 6.90. The molecule has 1 aromatic heterocycles. The van der Waals surface area contributed by atoms with E-state index in [1.807, 2.05) is 18.2 Å². The first-order chi connectivity index (χ1) is 13.3. The molecule has 2 heterocycles. The van der Waals surface area contributed by atoms with Crippen molar-refractivity contribution < 1.29 is 18.0 Å². The van der Waals surface area contributed by atoms with Gasteiger partial charge in [0, 0.05) is 50.6 Å². The second-order valence-corrected chi connectivity index (χ2v) is 6.90. The molecule has 1 aliphatic rings. The molecule has 1 saturated heterocycles. The predicted molar refractivity (Wildman–Crippen MR) is 101 cm³/mol. The minimum atomic E-state index is -4.66. The molecule has 3 rings (SSSR count). The van der Waals surface area contributed by atoms with E-state index in [4.69, 9.17) is 0 Å². The van der Waals surface area contributed by atoms with Crippen molar-refractivity contribution in [1.82, 2.24) is 15.2 Å². The van der Waals surface area contributed by atoms with Gasteiger partial charge in [-0.25, -0.2) is 0 Å². The molecule has 28 heavy (non-hydrogen) atoms. The van der Waals surface area contributed by atoms with Crippen molar-refractivity contribution in [1.29, 1.82) is 0 Å². The van der Waals surface area contributed by atoms with Gasteiger partial charge >= 0.3 is 6.18 Å². The molecule has 0 aliphatic carbocycles. The number of alkyl halides is 3. The molecular formula is C20H23F3N4O. The number of benzene rings is 1. The molecule has 1 N–H and O–H groups in total. The lowest BCUT2D eigenvalue weighted by Gasteiger charge is -2.37. The monoisotopic (exact) mass is 392 g/mol. The topological polar surface area (TPSA) is 48.5 Å². The van der Waals surface area contributed by atoms with Gasteiger partial charge in [-0.15, -0.1) is 0 Å². The van der Waals surface area contributed by atoms with E-state index in [0.717, 1.165) is 38.4 Å². The summed E-state index contributed by atoms with van der Waals surface area (Å²) in [4.78, 5) is 20.2. The van der Waals surface area contributed by atoms with Crippen LogP contribution >= 0.6 is 0 Å². The minimum Gasteiger partial charge on any atom is -0.369 e. The number of pyridine rings is 1. The van der Waals surface area contributed by atoms with Crippen molar-refractivity contribution in [2.75, 3.05) is 37.6 Å². The quantitative estimate of drug-likeness (QED) is 0.850. The largest absolute Gasteiger partial charge is 0.434 e. The van der Waals surface area contributed by atoms with Crippen molar-refractivity contribution >= 4 is 11.6 Å².